The highest BCUT2D eigenvalue weighted by molar-refractivity contribution is 6.35. The Bertz CT molecular complexity index is 452. The lowest BCUT2D eigenvalue weighted by atomic mass is 9.87. The highest BCUT2D eigenvalue weighted by Crippen LogP contribution is 2.30. The molecule has 21 heavy (non-hydrogen) atoms. The molecule has 1 aliphatic rings. The Morgan fingerprint density at radius 2 is 2.14 bits per heavy atom. The molecule has 0 radical (unpaired) electrons. The van der Waals surface area contributed by atoms with E-state index >= 15 is 0 Å². The van der Waals surface area contributed by atoms with E-state index in [1.54, 1.807) is 0 Å². The first-order chi connectivity index (χ1) is 10.2. The molecule has 1 aromatic carbocycles. The van der Waals surface area contributed by atoms with Gasteiger partial charge in [-0.25, -0.2) is 0 Å². The van der Waals surface area contributed by atoms with Gasteiger partial charge in [-0.15, -0.1) is 0 Å². The van der Waals surface area contributed by atoms with Gasteiger partial charge >= 0.3 is 0 Å². The Morgan fingerprint density at radius 1 is 1.33 bits per heavy atom. The second-order valence-corrected chi connectivity index (χ2v) is 6.61. The van der Waals surface area contributed by atoms with Crippen molar-refractivity contribution in [3.05, 3.63) is 33.8 Å². The molecule has 1 aliphatic heterocycles. The monoisotopic (exact) mass is 329 g/mol. The van der Waals surface area contributed by atoms with Crippen LogP contribution in [0, 0.1) is 5.92 Å². The summed E-state index contributed by atoms with van der Waals surface area (Å²) in [4.78, 5) is 0. The zero-order chi connectivity index (χ0) is 15.2. The smallest absolute Gasteiger partial charge is 0.0616 e. The van der Waals surface area contributed by atoms with Crippen LogP contribution in [0.2, 0.25) is 10.0 Å². The third-order valence-corrected chi connectivity index (χ3v) is 4.88. The van der Waals surface area contributed by atoms with Gasteiger partial charge in [0.25, 0.3) is 0 Å². The van der Waals surface area contributed by atoms with Gasteiger partial charge in [-0.1, -0.05) is 43.1 Å². The van der Waals surface area contributed by atoms with Crippen molar-refractivity contribution in [2.24, 2.45) is 5.92 Å². The molecular formula is C17H25Cl2NO. The molecule has 0 saturated carbocycles. The maximum atomic E-state index is 6.34. The number of benzene rings is 1. The van der Waals surface area contributed by atoms with Crippen molar-refractivity contribution >= 4 is 23.2 Å². The minimum Gasteiger partial charge on any atom is -0.378 e. The summed E-state index contributed by atoms with van der Waals surface area (Å²) in [7, 11) is 0. The largest absolute Gasteiger partial charge is 0.378 e. The van der Waals surface area contributed by atoms with Crippen LogP contribution in [0.1, 0.15) is 38.7 Å². The van der Waals surface area contributed by atoms with Gasteiger partial charge in [0, 0.05) is 28.6 Å². The van der Waals surface area contributed by atoms with E-state index in [4.69, 9.17) is 27.9 Å². The minimum absolute atomic E-state index is 0.366. The highest BCUT2D eigenvalue weighted by Gasteiger charge is 2.33. The molecule has 0 spiro atoms. The summed E-state index contributed by atoms with van der Waals surface area (Å²) >= 11 is 12.3. The maximum absolute atomic E-state index is 6.34. The van der Waals surface area contributed by atoms with E-state index in [-0.39, 0.29) is 0 Å². The quantitative estimate of drug-likeness (QED) is 0.781. The number of rotatable bonds is 7. The van der Waals surface area contributed by atoms with Crippen molar-refractivity contribution in [3.63, 3.8) is 0 Å². The van der Waals surface area contributed by atoms with E-state index in [0.717, 1.165) is 49.4 Å². The predicted molar refractivity (Wildman–Crippen MR) is 90.4 cm³/mol. The SMILES string of the molecule is CCCNC(Cc1ccc(Cl)cc1Cl)C1CCOC1CC. The lowest BCUT2D eigenvalue weighted by Gasteiger charge is -2.28. The zero-order valence-electron chi connectivity index (χ0n) is 12.9. The van der Waals surface area contributed by atoms with Crippen LogP contribution in [0.15, 0.2) is 18.2 Å². The first-order valence-electron chi connectivity index (χ1n) is 7.94. The average molecular weight is 330 g/mol. The standard InChI is InChI=1S/C17H25Cl2NO/c1-3-8-20-16(14-7-9-21-17(14)4-2)10-12-5-6-13(18)11-15(12)19/h5-6,11,14,16-17,20H,3-4,7-10H2,1-2H3. The van der Waals surface area contributed by atoms with Crippen molar-refractivity contribution < 1.29 is 4.74 Å². The first kappa shape index (κ1) is 17.1. The summed E-state index contributed by atoms with van der Waals surface area (Å²) in [5.41, 5.74) is 1.16. The molecule has 118 valence electrons. The van der Waals surface area contributed by atoms with Gasteiger partial charge < -0.3 is 10.1 Å². The van der Waals surface area contributed by atoms with Crippen molar-refractivity contribution in [1.29, 1.82) is 0 Å². The molecule has 1 saturated heterocycles. The van der Waals surface area contributed by atoms with Crippen molar-refractivity contribution in [2.75, 3.05) is 13.2 Å². The fourth-order valence-corrected chi connectivity index (χ4v) is 3.66. The molecule has 0 bridgehead atoms. The molecule has 3 atom stereocenters. The van der Waals surface area contributed by atoms with Crippen molar-refractivity contribution in [1.82, 2.24) is 5.32 Å². The van der Waals surface area contributed by atoms with Crippen LogP contribution < -0.4 is 5.32 Å². The molecule has 3 unspecified atom stereocenters. The van der Waals surface area contributed by atoms with E-state index in [9.17, 15) is 0 Å². The molecular weight excluding hydrogens is 305 g/mol. The van der Waals surface area contributed by atoms with Crippen LogP contribution in [0.4, 0.5) is 0 Å². The van der Waals surface area contributed by atoms with Gasteiger partial charge in [0.15, 0.2) is 0 Å². The van der Waals surface area contributed by atoms with Crippen molar-refractivity contribution in [3.8, 4) is 0 Å². The van der Waals surface area contributed by atoms with Gasteiger partial charge in [-0.3, -0.25) is 0 Å². The molecule has 4 heteroatoms. The third kappa shape index (κ3) is 4.59. The van der Waals surface area contributed by atoms with E-state index in [1.807, 2.05) is 18.2 Å². The summed E-state index contributed by atoms with van der Waals surface area (Å²) in [5, 5.41) is 5.15. The molecule has 0 aromatic heterocycles. The van der Waals surface area contributed by atoms with Crippen LogP contribution in [-0.2, 0) is 11.2 Å². The van der Waals surface area contributed by atoms with Crippen LogP contribution in [0.3, 0.4) is 0 Å². The fraction of sp³-hybridized carbons (Fsp3) is 0.647. The average Bonchev–Trinajstić information content (AvgIpc) is 2.94. The summed E-state index contributed by atoms with van der Waals surface area (Å²) in [6.07, 6.45) is 4.63. The van der Waals surface area contributed by atoms with E-state index in [1.165, 1.54) is 0 Å². The third-order valence-electron chi connectivity index (χ3n) is 4.29. The predicted octanol–water partition coefficient (Wildman–Crippen LogP) is 4.72. The summed E-state index contributed by atoms with van der Waals surface area (Å²) in [6.45, 7) is 6.31. The minimum atomic E-state index is 0.366. The Balaban J connectivity index is 2.11. The Hall–Kier alpha value is -0.280. The lowest BCUT2D eigenvalue weighted by molar-refractivity contribution is 0.0775. The van der Waals surface area contributed by atoms with E-state index in [2.05, 4.69) is 19.2 Å². The van der Waals surface area contributed by atoms with Gasteiger partial charge in [-0.2, -0.15) is 0 Å². The first-order valence-corrected chi connectivity index (χ1v) is 8.70. The molecule has 1 aromatic rings. The Labute approximate surface area is 138 Å². The highest BCUT2D eigenvalue weighted by atomic mass is 35.5. The van der Waals surface area contributed by atoms with Gasteiger partial charge in [0.05, 0.1) is 6.10 Å². The van der Waals surface area contributed by atoms with Crippen molar-refractivity contribution in [2.45, 2.75) is 51.7 Å². The van der Waals surface area contributed by atoms with E-state index in [0.29, 0.717) is 23.1 Å². The number of hydrogen-bond donors (Lipinski definition) is 1. The summed E-state index contributed by atoms with van der Waals surface area (Å²) in [5.74, 6) is 0.563. The second-order valence-electron chi connectivity index (χ2n) is 5.77. The molecule has 2 nitrogen and oxygen atoms in total. The normalized spacial score (nSPS) is 23.4. The van der Waals surface area contributed by atoms with Gasteiger partial charge in [0.1, 0.15) is 0 Å². The van der Waals surface area contributed by atoms with Gasteiger partial charge in [-0.05, 0) is 49.9 Å². The molecule has 0 aliphatic carbocycles. The summed E-state index contributed by atoms with van der Waals surface area (Å²) < 4.78 is 5.87. The van der Waals surface area contributed by atoms with Crippen LogP contribution in [0.25, 0.3) is 0 Å². The Morgan fingerprint density at radius 3 is 2.81 bits per heavy atom. The van der Waals surface area contributed by atoms with Crippen LogP contribution in [-0.4, -0.2) is 25.3 Å². The second kappa shape index (κ2) is 8.38. The van der Waals surface area contributed by atoms with Crippen LogP contribution >= 0.6 is 23.2 Å². The number of ether oxygens (including phenoxy) is 1. The summed E-state index contributed by atoms with van der Waals surface area (Å²) in [6, 6.07) is 6.21. The Kier molecular flexibility index (Phi) is 6.81. The molecule has 2 rings (SSSR count). The number of halogens is 2. The molecule has 1 fully saturated rings. The van der Waals surface area contributed by atoms with E-state index < -0.39 is 0 Å². The fourth-order valence-electron chi connectivity index (χ4n) is 3.17. The molecule has 1 N–H and O–H groups in total. The zero-order valence-corrected chi connectivity index (χ0v) is 14.4. The number of nitrogens with one attached hydrogen (secondary N) is 1. The molecule has 0 amide bonds. The maximum Gasteiger partial charge on any atom is 0.0616 e. The lowest BCUT2D eigenvalue weighted by Crippen LogP contribution is -2.42. The van der Waals surface area contributed by atoms with Gasteiger partial charge in [0.2, 0.25) is 0 Å². The molecule has 1 heterocycles. The topological polar surface area (TPSA) is 21.3 Å². The van der Waals surface area contributed by atoms with Crippen LogP contribution in [0.5, 0.6) is 0 Å². The number of hydrogen-bond acceptors (Lipinski definition) is 2.